The van der Waals surface area contributed by atoms with Gasteiger partial charge in [0.15, 0.2) is 6.20 Å². The summed E-state index contributed by atoms with van der Waals surface area (Å²) in [6, 6.07) is 16.3. The number of aromatic nitrogens is 3. The fourth-order valence-corrected chi connectivity index (χ4v) is 4.49. The van der Waals surface area contributed by atoms with Crippen molar-refractivity contribution < 1.29 is 14.3 Å². The van der Waals surface area contributed by atoms with E-state index in [0.29, 0.717) is 33.6 Å². The number of nitrogens with two attached hydrogens (primary N) is 1. The minimum atomic E-state index is -0.524. The summed E-state index contributed by atoms with van der Waals surface area (Å²) in [5, 5.41) is 16.4. The number of hydrogen-bond donors (Lipinski definition) is 3. The zero-order chi connectivity index (χ0) is 25.2. The molecule has 184 valence electrons. The summed E-state index contributed by atoms with van der Waals surface area (Å²) in [5.41, 5.74) is 11.1. The van der Waals surface area contributed by atoms with Gasteiger partial charge in [0, 0.05) is 33.6 Å². The molecule has 8 nitrogen and oxygen atoms in total. The number of ether oxygens (including phenoxy) is 1. The summed E-state index contributed by atoms with van der Waals surface area (Å²) < 4.78 is 5.54. The number of methoxy groups -OCH3 is 1. The zero-order valence-electron chi connectivity index (χ0n) is 19.7. The van der Waals surface area contributed by atoms with Gasteiger partial charge in [0.05, 0.1) is 19.0 Å². The van der Waals surface area contributed by atoms with E-state index in [1.165, 1.54) is 7.11 Å². The van der Waals surface area contributed by atoms with Crippen LogP contribution in [0.5, 0.6) is 0 Å². The number of nitrogen functional groups attached to an aromatic ring is 1. The number of rotatable bonds is 7. The summed E-state index contributed by atoms with van der Waals surface area (Å²) in [5.74, 6) is 1.15. The van der Waals surface area contributed by atoms with E-state index in [9.17, 15) is 10.0 Å². The Labute approximate surface area is 213 Å². The summed E-state index contributed by atoms with van der Waals surface area (Å²) in [6.45, 7) is 0. The van der Waals surface area contributed by atoms with E-state index in [0.717, 1.165) is 46.6 Å². The van der Waals surface area contributed by atoms with Crippen LogP contribution in [0.3, 0.4) is 0 Å². The number of H-pyrrole nitrogens is 1. The second-order valence-corrected chi connectivity index (χ2v) is 9.44. The molecule has 2 aromatic heterocycles. The molecule has 2 heterocycles. The van der Waals surface area contributed by atoms with Gasteiger partial charge in [-0.05, 0) is 54.3 Å². The Morgan fingerprint density at radius 1 is 1.22 bits per heavy atom. The first-order valence-electron chi connectivity index (χ1n) is 11.7. The second-order valence-electron chi connectivity index (χ2n) is 9.01. The first-order chi connectivity index (χ1) is 17.4. The Morgan fingerprint density at radius 3 is 2.67 bits per heavy atom. The fraction of sp³-hybridized carbons (Fsp3) is 0.222. The van der Waals surface area contributed by atoms with Gasteiger partial charge in [0.2, 0.25) is 5.69 Å². The van der Waals surface area contributed by atoms with Gasteiger partial charge in [-0.1, -0.05) is 36.6 Å². The van der Waals surface area contributed by atoms with Gasteiger partial charge < -0.3 is 20.7 Å². The third-order valence-electron chi connectivity index (χ3n) is 6.45. The molecule has 1 unspecified atom stereocenters. The third-order valence-corrected chi connectivity index (χ3v) is 6.68. The van der Waals surface area contributed by atoms with Crippen molar-refractivity contribution in [3.05, 3.63) is 88.7 Å². The van der Waals surface area contributed by atoms with Crippen molar-refractivity contribution >= 4 is 29.1 Å². The number of hydrogen-bond acceptors (Lipinski definition) is 5. The largest absolute Gasteiger partial charge is 0.618 e. The molecule has 0 aliphatic heterocycles. The van der Waals surface area contributed by atoms with E-state index < -0.39 is 6.09 Å². The molecule has 36 heavy (non-hydrogen) atoms. The van der Waals surface area contributed by atoms with Crippen LogP contribution in [0.25, 0.3) is 22.4 Å². The van der Waals surface area contributed by atoms with Crippen LogP contribution in [0.1, 0.15) is 36.7 Å². The molecule has 0 bridgehead atoms. The molecule has 4 aromatic rings. The molecule has 1 aliphatic carbocycles. The van der Waals surface area contributed by atoms with Gasteiger partial charge in [0.1, 0.15) is 11.7 Å². The van der Waals surface area contributed by atoms with E-state index >= 15 is 0 Å². The van der Waals surface area contributed by atoms with Crippen molar-refractivity contribution in [2.45, 2.75) is 25.2 Å². The highest BCUT2D eigenvalue weighted by Crippen LogP contribution is 2.40. The number of aromatic amines is 1. The van der Waals surface area contributed by atoms with E-state index in [1.807, 2.05) is 24.3 Å². The van der Waals surface area contributed by atoms with Crippen LogP contribution in [0.15, 0.2) is 67.0 Å². The summed E-state index contributed by atoms with van der Waals surface area (Å²) in [4.78, 5) is 19.5. The summed E-state index contributed by atoms with van der Waals surface area (Å²) in [7, 11) is 1.32. The molecule has 5 rings (SSSR count). The molecule has 0 saturated heterocycles. The number of halogens is 1. The van der Waals surface area contributed by atoms with E-state index in [-0.39, 0.29) is 5.92 Å². The first kappa shape index (κ1) is 23.7. The van der Waals surface area contributed by atoms with Crippen LogP contribution >= 0.6 is 11.6 Å². The second kappa shape index (κ2) is 9.91. The molecule has 2 aromatic carbocycles. The Kier molecular flexibility index (Phi) is 6.52. The van der Waals surface area contributed by atoms with Crippen molar-refractivity contribution in [3.8, 4) is 22.4 Å². The molecule has 4 N–H and O–H groups in total. The van der Waals surface area contributed by atoms with Crippen LogP contribution in [-0.2, 0) is 4.74 Å². The van der Waals surface area contributed by atoms with Gasteiger partial charge in [-0.3, -0.25) is 5.32 Å². The molecular weight excluding hydrogens is 478 g/mol. The fourth-order valence-electron chi connectivity index (χ4n) is 4.32. The summed E-state index contributed by atoms with van der Waals surface area (Å²) in [6.07, 6.45) is 5.96. The predicted molar refractivity (Wildman–Crippen MR) is 139 cm³/mol. The average molecular weight is 504 g/mol. The Hall–Kier alpha value is -4.04. The Bertz CT molecular complexity index is 1400. The van der Waals surface area contributed by atoms with Crippen molar-refractivity contribution in [2.24, 2.45) is 5.92 Å². The summed E-state index contributed by atoms with van der Waals surface area (Å²) >= 11 is 6.15. The zero-order valence-corrected chi connectivity index (χ0v) is 20.5. The Balaban J connectivity index is 1.43. The minimum Gasteiger partial charge on any atom is -0.618 e. The molecule has 1 fully saturated rings. The van der Waals surface area contributed by atoms with Crippen LogP contribution in [-0.4, -0.2) is 23.2 Å². The lowest BCUT2D eigenvalue weighted by molar-refractivity contribution is -0.614. The molecular formula is C27H26ClN5O3. The smallest absolute Gasteiger partial charge is 0.411 e. The standard InChI is InChI=1S/C27H26ClN5O3/c1-36-27(34)31-20-8-4-17(5-9-20)24-14-30-26(32-24)22(12-16-2-3-16)25-11-6-18(15-33(25)35)21-13-19(28)7-10-23(21)29/h4-11,13-16,22H,2-3,12,29H2,1H3,(H,30,32)(H,31,34). The van der Waals surface area contributed by atoms with Gasteiger partial charge in [-0.25, -0.2) is 9.78 Å². The maximum Gasteiger partial charge on any atom is 0.411 e. The number of carbonyl (C=O) groups is 1. The molecule has 1 atom stereocenters. The number of amides is 1. The monoisotopic (exact) mass is 503 g/mol. The van der Waals surface area contributed by atoms with E-state index in [1.54, 1.807) is 42.7 Å². The predicted octanol–water partition coefficient (Wildman–Crippen LogP) is 5.72. The maximum atomic E-state index is 13.2. The van der Waals surface area contributed by atoms with Crippen molar-refractivity contribution in [3.63, 3.8) is 0 Å². The number of nitrogens with zero attached hydrogens (tertiary/aromatic N) is 2. The first-order valence-corrected chi connectivity index (χ1v) is 12.1. The van der Waals surface area contributed by atoms with E-state index in [4.69, 9.17) is 17.3 Å². The van der Waals surface area contributed by atoms with Crippen LogP contribution in [0.2, 0.25) is 5.02 Å². The highest BCUT2D eigenvalue weighted by molar-refractivity contribution is 6.31. The average Bonchev–Trinajstić information content (AvgIpc) is 3.57. The van der Waals surface area contributed by atoms with Crippen molar-refractivity contribution in [1.29, 1.82) is 0 Å². The lowest BCUT2D eigenvalue weighted by atomic mass is 9.95. The molecule has 1 saturated carbocycles. The molecule has 0 spiro atoms. The SMILES string of the molecule is COC(=O)Nc1ccc(-c2cnc(C(CC3CC3)c3ccc(-c4cc(Cl)ccc4N)c[n+]3[O-])[nH]2)cc1. The normalized spacial score (nSPS) is 13.8. The number of carbonyl (C=O) groups excluding carboxylic acids is 1. The molecule has 0 radical (unpaired) electrons. The molecule has 1 amide bonds. The number of anilines is 2. The van der Waals surface area contributed by atoms with E-state index in [2.05, 4.69) is 20.0 Å². The van der Waals surface area contributed by atoms with Crippen molar-refractivity contribution in [1.82, 2.24) is 9.97 Å². The van der Waals surface area contributed by atoms with Crippen LogP contribution < -0.4 is 15.8 Å². The maximum absolute atomic E-state index is 13.2. The lowest BCUT2D eigenvalue weighted by Gasteiger charge is -2.16. The number of imidazole rings is 1. The van der Waals surface area contributed by atoms with Gasteiger partial charge in [-0.2, -0.15) is 4.73 Å². The minimum absolute atomic E-state index is 0.172. The topological polar surface area (TPSA) is 120 Å². The molecule has 9 heteroatoms. The highest BCUT2D eigenvalue weighted by atomic mass is 35.5. The number of nitrogens with one attached hydrogen (secondary N) is 2. The van der Waals surface area contributed by atoms with Gasteiger partial charge in [0.25, 0.3) is 0 Å². The lowest BCUT2D eigenvalue weighted by Crippen LogP contribution is -2.34. The number of benzene rings is 2. The third kappa shape index (κ3) is 5.13. The highest BCUT2D eigenvalue weighted by Gasteiger charge is 2.33. The quantitative estimate of drug-likeness (QED) is 0.169. The van der Waals surface area contributed by atoms with Crippen molar-refractivity contribution in [2.75, 3.05) is 18.2 Å². The van der Waals surface area contributed by atoms with Crippen LogP contribution in [0.4, 0.5) is 16.2 Å². The van der Waals surface area contributed by atoms with Gasteiger partial charge >= 0.3 is 6.09 Å². The molecule has 1 aliphatic rings. The number of pyridine rings is 1. The van der Waals surface area contributed by atoms with Gasteiger partial charge in [-0.15, -0.1) is 0 Å². The Morgan fingerprint density at radius 2 is 1.97 bits per heavy atom. The van der Waals surface area contributed by atoms with Crippen LogP contribution in [0, 0.1) is 11.1 Å².